The molecule has 162 valence electrons. The summed E-state index contributed by atoms with van der Waals surface area (Å²) < 4.78 is 5.37. The van der Waals surface area contributed by atoms with Gasteiger partial charge in [-0.15, -0.1) is 12.4 Å². The molecule has 2 amide bonds. The maximum absolute atomic E-state index is 13.2. The van der Waals surface area contributed by atoms with Gasteiger partial charge in [-0.3, -0.25) is 9.59 Å². The second-order valence-corrected chi connectivity index (χ2v) is 7.16. The number of anilines is 3. The number of hydrogen-bond donors (Lipinski definition) is 2. The zero-order valence-electron chi connectivity index (χ0n) is 17.3. The van der Waals surface area contributed by atoms with Crippen molar-refractivity contribution < 1.29 is 14.3 Å². The van der Waals surface area contributed by atoms with Crippen molar-refractivity contribution in [2.75, 3.05) is 36.9 Å². The van der Waals surface area contributed by atoms with Crippen LogP contribution in [-0.4, -0.2) is 53.0 Å². The van der Waals surface area contributed by atoms with E-state index in [0.29, 0.717) is 48.9 Å². The molecular weight excluding hydrogens is 418 g/mol. The number of rotatable bonds is 4. The van der Waals surface area contributed by atoms with E-state index in [9.17, 15) is 9.59 Å². The van der Waals surface area contributed by atoms with E-state index in [1.165, 1.54) is 6.92 Å². The van der Waals surface area contributed by atoms with E-state index >= 15 is 0 Å². The molecule has 1 aliphatic heterocycles. The normalized spacial score (nSPS) is 13.4. The van der Waals surface area contributed by atoms with Gasteiger partial charge in [-0.2, -0.15) is 0 Å². The van der Waals surface area contributed by atoms with Crippen LogP contribution in [0.5, 0.6) is 0 Å². The topological polar surface area (TPSA) is 96.5 Å². The molecule has 0 saturated carbocycles. The second kappa shape index (κ2) is 9.72. The molecule has 1 saturated heterocycles. The first-order valence-corrected chi connectivity index (χ1v) is 9.79. The van der Waals surface area contributed by atoms with Crippen molar-refractivity contribution in [1.82, 2.24) is 14.9 Å². The third-order valence-electron chi connectivity index (χ3n) is 4.85. The Bertz CT molecular complexity index is 1120. The summed E-state index contributed by atoms with van der Waals surface area (Å²) in [5, 5.41) is 6.88. The van der Waals surface area contributed by atoms with E-state index < -0.39 is 0 Å². The number of pyridine rings is 2. The molecule has 9 heteroatoms. The van der Waals surface area contributed by atoms with Gasteiger partial charge in [-0.25, -0.2) is 9.97 Å². The van der Waals surface area contributed by atoms with Crippen LogP contribution in [0.1, 0.15) is 23.0 Å². The number of nitrogens with one attached hydrogen (secondary N) is 2. The Balaban J connectivity index is 0.00000272. The Hall–Kier alpha value is -3.23. The smallest absolute Gasteiger partial charge is 0.257 e. The molecule has 0 aliphatic carbocycles. The molecule has 2 aromatic heterocycles. The van der Waals surface area contributed by atoms with E-state index in [1.54, 1.807) is 11.1 Å². The summed E-state index contributed by atoms with van der Waals surface area (Å²) in [6.07, 6.45) is 1.58. The van der Waals surface area contributed by atoms with Crippen molar-refractivity contribution in [2.45, 2.75) is 13.8 Å². The number of aryl methyl sites for hydroxylation is 1. The highest BCUT2D eigenvalue weighted by Gasteiger charge is 2.23. The molecule has 2 N–H and O–H groups in total. The van der Waals surface area contributed by atoms with Crippen LogP contribution >= 0.6 is 12.4 Å². The van der Waals surface area contributed by atoms with Gasteiger partial charge >= 0.3 is 0 Å². The van der Waals surface area contributed by atoms with Gasteiger partial charge in [0.1, 0.15) is 0 Å². The third kappa shape index (κ3) is 5.10. The van der Waals surface area contributed by atoms with Gasteiger partial charge in [-0.05, 0) is 37.3 Å². The number of nitrogens with zero attached hydrogens (tertiary/aromatic N) is 3. The number of amides is 2. The summed E-state index contributed by atoms with van der Waals surface area (Å²) >= 11 is 0. The predicted octanol–water partition coefficient (Wildman–Crippen LogP) is 3.53. The summed E-state index contributed by atoms with van der Waals surface area (Å²) in [6, 6.07) is 11.2. The molecule has 4 rings (SSSR count). The fourth-order valence-corrected chi connectivity index (χ4v) is 3.43. The monoisotopic (exact) mass is 441 g/mol. The summed E-state index contributed by atoms with van der Waals surface area (Å²) in [7, 11) is 0. The largest absolute Gasteiger partial charge is 0.378 e. The lowest BCUT2D eigenvalue weighted by Crippen LogP contribution is -2.41. The van der Waals surface area contributed by atoms with Crippen molar-refractivity contribution in [3.8, 4) is 0 Å². The van der Waals surface area contributed by atoms with E-state index in [0.717, 1.165) is 16.8 Å². The maximum Gasteiger partial charge on any atom is 0.257 e. The number of carbonyl (C=O) groups excluding carboxylic acids is 2. The molecule has 0 unspecified atom stereocenters. The van der Waals surface area contributed by atoms with Crippen LogP contribution in [0.25, 0.3) is 11.0 Å². The lowest BCUT2D eigenvalue weighted by Gasteiger charge is -2.27. The SMILES string of the molecule is CC(=O)Nc1cccc(Nc2c(C(=O)N3CCOCC3)cnc3nc(C)ccc23)c1.Cl. The number of aromatic nitrogens is 2. The standard InChI is InChI=1S/C22H23N5O3.ClH/c1-14-6-7-18-20(26-17-5-3-4-16(12-17)25-15(2)28)19(13-23-21(18)24-14)22(29)27-8-10-30-11-9-27;/h3-7,12-13H,8-11H2,1-2H3,(H,25,28)(H,23,24,26);1H. The van der Waals surface area contributed by atoms with Crippen molar-refractivity contribution in [1.29, 1.82) is 0 Å². The van der Waals surface area contributed by atoms with Crippen LogP contribution in [0.4, 0.5) is 17.1 Å². The van der Waals surface area contributed by atoms with E-state index in [4.69, 9.17) is 4.74 Å². The molecular formula is C22H24ClN5O3. The second-order valence-electron chi connectivity index (χ2n) is 7.16. The fraction of sp³-hybridized carbons (Fsp3) is 0.273. The van der Waals surface area contributed by atoms with Gasteiger partial charge < -0.3 is 20.3 Å². The fourth-order valence-electron chi connectivity index (χ4n) is 3.43. The van der Waals surface area contributed by atoms with Gasteiger partial charge in [0.15, 0.2) is 5.65 Å². The number of ether oxygens (including phenoxy) is 1. The first-order chi connectivity index (χ1) is 14.5. The van der Waals surface area contributed by atoms with E-state index in [1.807, 2.05) is 43.3 Å². The first kappa shape index (κ1) is 22.5. The highest BCUT2D eigenvalue weighted by atomic mass is 35.5. The minimum atomic E-state index is -0.149. The molecule has 1 fully saturated rings. The Morgan fingerprint density at radius 2 is 1.84 bits per heavy atom. The molecule has 1 aromatic carbocycles. The average Bonchev–Trinajstić information content (AvgIpc) is 2.74. The van der Waals surface area contributed by atoms with Crippen LogP contribution in [0.2, 0.25) is 0 Å². The van der Waals surface area contributed by atoms with Gasteiger partial charge in [0.25, 0.3) is 5.91 Å². The lowest BCUT2D eigenvalue weighted by atomic mass is 10.1. The Labute approximate surface area is 186 Å². The molecule has 3 aromatic rings. The van der Waals surface area contributed by atoms with Crippen molar-refractivity contribution in [3.05, 3.63) is 53.9 Å². The van der Waals surface area contributed by atoms with Gasteiger partial charge in [0.05, 0.1) is 24.5 Å². The van der Waals surface area contributed by atoms with Crippen LogP contribution in [0.15, 0.2) is 42.6 Å². The molecule has 0 spiro atoms. The highest BCUT2D eigenvalue weighted by molar-refractivity contribution is 6.07. The maximum atomic E-state index is 13.2. The summed E-state index contributed by atoms with van der Waals surface area (Å²) in [5.74, 6) is -0.252. The molecule has 31 heavy (non-hydrogen) atoms. The van der Waals surface area contributed by atoms with Crippen LogP contribution in [0, 0.1) is 6.92 Å². The first-order valence-electron chi connectivity index (χ1n) is 9.79. The highest BCUT2D eigenvalue weighted by Crippen LogP contribution is 2.30. The third-order valence-corrected chi connectivity index (χ3v) is 4.85. The average molecular weight is 442 g/mol. The Kier molecular flexibility index (Phi) is 7.04. The van der Waals surface area contributed by atoms with Crippen LogP contribution in [0.3, 0.4) is 0 Å². The van der Waals surface area contributed by atoms with Crippen molar-refractivity contribution in [2.24, 2.45) is 0 Å². The zero-order chi connectivity index (χ0) is 21.1. The Morgan fingerprint density at radius 3 is 2.58 bits per heavy atom. The summed E-state index contributed by atoms with van der Waals surface area (Å²) in [4.78, 5) is 35.3. The summed E-state index contributed by atoms with van der Waals surface area (Å²) in [5.41, 5.74) is 3.94. The van der Waals surface area contributed by atoms with Crippen LogP contribution in [-0.2, 0) is 9.53 Å². The molecule has 0 atom stereocenters. The number of benzene rings is 1. The Morgan fingerprint density at radius 1 is 1.10 bits per heavy atom. The zero-order valence-corrected chi connectivity index (χ0v) is 18.2. The van der Waals surface area contributed by atoms with Crippen molar-refractivity contribution >= 4 is 52.3 Å². The minimum absolute atomic E-state index is 0. The number of morpholine rings is 1. The number of fused-ring (bicyclic) bond motifs is 1. The van der Waals surface area contributed by atoms with Gasteiger partial charge in [0.2, 0.25) is 5.91 Å². The quantitative estimate of drug-likeness (QED) is 0.642. The van der Waals surface area contributed by atoms with Gasteiger partial charge in [0, 0.05) is 48.7 Å². The number of hydrogen-bond acceptors (Lipinski definition) is 6. The molecule has 0 bridgehead atoms. The van der Waals surface area contributed by atoms with Gasteiger partial charge in [-0.1, -0.05) is 6.07 Å². The molecule has 1 aliphatic rings. The molecule has 8 nitrogen and oxygen atoms in total. The van der Waals surface area contributed by atoms with E-state index in [2.05, 4.69) is 20.6 Å². The number of halogens is 1. The van der Waals surface area contributed by atoms with Crippen molar-refractivity contribution in [3.63, 3.8) is 0 Å². The molecule has 0 radical (unpaired) electrons. The summed E-state index contributed by atoms with van der Waals surface area (Å²) in [6.45, 7) is 5.49. The minimum Gasteiger partial charge on any atom is -0.378 e. The number of carbonyl (C=O) groups is 2. The predicted molar refractivity (Wildman–Crippen MR) is 122 cm³/mol. The molecule has 3 heterocycles. The lowest BCUT2D eigenvalue weighted by molar-refractivity contribution is -0.114. The van der Waals surface area contributed by atoms with E-state index in [-0.39, 0.29) is 24.2 Å². The van der Waals surface area contributed by atoms with Crippen LogP contribution < -0.4 is 10.6 Å².